The van der Waals surface area contributed by atoms with Crippen LogP contribution in [0.2, 0.25) is 0 Å². The Hall–Kier alpha value is -2.16. The number of aryl methyl sites for hydroxylation is 1. The molecule has 1 saturated heterocycles. The third-order valence-electron chi connectivity index (χ3n) is 4.10. The van der Waals surface area contributed by atoms with E-state index in [1.54, 1.807) is 0 Å². The maximum atomic E-state index is 11.6. The molecule has 0 amide bonds. The van der Waals surface area contributed by atoms with Gasteiger partial charge in [-0.2, -0.15) is 0 Å². The van der Waals surface area contributed by atoms with Crippen molar-refractivity contribution in [2.45, 2.75) is 25.4 Å². The molecule has 94 valence electrons. The van der Waals surface area contributed by atoms with Crippen molar-refractivity contribution in [2.24, 2.45) is 0 Å². The first-order valence-corrected chi connectivity index (χ1v) is 6.49. The van der Waals surface area contributed by atoms with Crippen LogP contribution in [0.3, 0.4) is 0 Å². The number of aromatic nitrogens is 1. The van der Waals surface area contributed by atoms with Crippen molar-refractivity contribution in [2.75, 3.05) is 0 Å². The van der Waals surface area contributed by atoms with E-state index in [0.29, 0.717) is 12.8 Å². The highest BCUT2D eigenvalue weighted by atomic mass is 16.6. The third kappa shape index (κ3) is 1.27. The molecule has 1 fully saturated rings. The summed E-state index contributed by atoms with van der Waals surface area (Å²) in [6, 6.07) is 10.2. The molecule has 1 spiro atoms. The standard InChI is InChI=1S/C16H13NO2/c1-10-8-12-11-4-2-3-5-13(11)16(14(12)9-17-10)7-6-15(18)19-16/h2-5,8-9H,6-7H2,1H3. The smallest absolute Gasteiger partial charge is 0.307 e. The Bertz CT molecular complexity index is 708. The summed E-state index contributed by atoms with van der Waals surface area (Å²) in [6.07, 6.45) is 3.05. The van der Waals surface area contributed by atoms with E-state index in [9.17, 15) is 4.79 Å². The van der Waals surface area contributed by atoms with E-state index >= 15 is 0 Å². The van der Waals surface area contributed by atoms with Crippen molar-refractivity contribution >= 4 is 5.97 Å². The number of pyridine rings is 1. The number of hydrogen-bond acceptors (Lipinski definition) is 3. The first-order chi connectivity index (χ1) is 9.21. The number of carbonyl (C=O) groups is 1. The number of hydrogen-bond donors (Lipinski definition) is 0. The first-order valence-electron chi connectivity index (χ1n) is 6.49. The van der Waals surface area contributed by atoms with Crippen LogP contribution < -0.4 is 0 Å². The van der Waals surface area contributed by atoms with Crippen LogP contribution in [0.15, 0.2) is 36.5 Å². The zero-order valence-corrected chi connectivity index (χ0v) is 10.6. The molecule has 2 heterocycles. The second-order valence-corrected chi connectivity index (χ2v) is 5.22. The predicted octanol–water partition coefficient (Wildman–Crippen LogP) is 2.95. The van der Waals surface area contributed by atoms with E-state index in [2.05, 4.69) is 23.2 Å². The number of nitrogens with zero attached hydrogens (tertiary/aromatic N) is 1. The van der Waals surface area contributed by atoms with Crippen molar-refractivity contribution in [3.63, 3.8) is 0 Å². The summed E-state index contributed by atoms with van der Waals surface area (Å²) < 4.78 is 5.72. The second kappa shape index (κ2) is 3.44. The number of ether oxygens (including phenoxy) is 1. The summed E-state index contributed by atoms with van der Waals surface area (Å²) in [5.41, 5.74) is 4.84. The van der Waals surface area contributed by atoms with Gasteiger partial charge in [-0.15, -0.1) is 0 Å². The first kappa shape index (κ1) is 10.7. The van der Waals surface area contributed by atoms with Crippen molar-refractivity contribution in [1.82, 2.24) is 4.98 Å². The van der Waals surface area contributed by atoms with E-state index in [-0.39, 0.29) is 5.97 Å². The maximum Gasteiger partial charge on any atom is 0.307 e. The molecule has 1 aliphatic heterocycles. The molecule has 0 radical (unpaired) electrons. The molecule has 2 aromatic rings. The molecule has 1 unspecified atom stereocenters. The minimum atomic E-state index is -0.594. The molecule has 4 rings (SSSR count). The highest BCUT2D eigenvalue weighted by molar-refractivity contribution is 5.84. The van der Waals surface area contributed by atoms with Gasteiger partial charge in [0.15, 0.2) is 5.60 Å². The minimum Gasteiger partial charge on any atom is -0.449 e. The molecule has 2 aliphatic rings. The molecule has 1 atom stereocenters. The number of fused-ring (bicyclic) bond motifs is 5. The topological polar surface area (TPSA) is 39.2 Å². The van der Waals surface area contributed by atoms with Gasteiger partial charge in [0.1, 0.15) is 0 Å². The predicted molar refractivity (Wildman–Crippen MR) is 70.5 cm³/mol. The number of carbonyl (C=O) groups excluding carboxylic acids is 1. The van der Waals surface area contributed by atoms with E-state index in [0.717, 1.165) is 27.9 Å². The number of esters is 1. The van der Waals surface area contributed by atoms with Gasteiger partial charge in [0, 0.05) is 29.4 Å². The summed E-state index contributed by atoms with van der Waals surface area (Å²) in [5.74, 6) is -0.122. The fourth-order valence-corrected chi connectivity index (χ4v) is 3.27. The largest absolute Gasteiger partial charge is 0.449 e. The monoisotopic (exact) mass is 251 g/mol. The van der Waals surface area contributed by atoms with Gasteiger partial charge in [-0.3, -0.25) is 9.78 Å². The zero-order valence-electron chi connectivity index (χ0n) is 10.6. The Morgan fingerprint density at radius 2 is 2.05 bits per heavy atom. The van der Waals surface area contributed by atoms with Crippen molar-refractivity contribution in [3.05, 3.63) is 53.3 Å². The molecule has 0 saturated carbocycles. The van der Waals surface area contributed by atoms with Gasteiger partial charge in [0.05, 0.1) is 6.42 Å². The zero-order chi connectivity index (χ0) is 13.0. The van der Waals surface area contributed by atoms with Crippen LogP contribution in [0.25, 0.3) is 11.1 Å². The van der Waals surface area contributed by atoms with Crippen LogP contribution in [0.5, 0.6) is 0 Å². The van der Waals surface area contributed by atoms with Crippen LogP contribution in [0.1, 0.15) is 29.7 Å². The molecule has 0 N–H and O–H groups in total. The van der Waals surface area contributed by atoms with E-state index < -0.39 is 5.60 Å². The van der Waals surface area contributed by atoms with Gasteiger partial charge < -0.3 is 4.74 Å². The highest BCUT2D eigenvalue weighted by Gasteiger charge is 2.50. The van der Waals surface area contributed by atoms with Crippen LogP contribution in [-0.2, 0) is 15.1 Å². The molecule has 0 bridgehead atoms. The van der Waals surface area contributed by atoms with Gasteiger partial charge in [0.25, 0.3) is 0 Å². The summed E-state index contributed by atoms with van der Waals surface area (Å²) in [6.45, 7) is 1.98. The molecule has 1 aromatic carbocycles. The lowest BCUT2D eigenvalue weighted by Crippen LogP contribution is -2.24. The van der Waals surface area contributed by atoms with E-state index in [1.807, 2.05) is 25.3 Å². The van der Waals surface area contributed by atoms with Gasteiger partial charge in [-0.05, 0) is 24.1 Å². The van der Waals surface area contributed by atoms with Crippen molar-refractivity contribution in [1.29, 1.82) is 0 Å². The third-order valence-corrected chi connectivity index (χ3v) is 4.10. The molecular formula is C16H13NO2. The average molecular weight is 251 g/mol. The number of rotatable bonds is 0. The van der Waals surface area contributed by atoms with Crippen molar-refractivity contribution in [3.8, 4) is 11.1 Å². The summed E-state index contributed by atoms with van der Waals surface area (Å²) in [4.78, 5) is 16.0. The van der Waals surface area contributed by atoms with Crippen LogP contribution >= 0.6 is 0 Å². The lowest BCUT2D eigenvalue weighted by atomic mass is 9.89. The fourth-order valence-electron chi connectivity index (χ4n) is 3.27. The average Bonchev–Trinajstić information content (AvgIpc) is 2.92. The Morgan fingerprint density at radius 3 is 2.84 bits per heavy atom. The molecule has 3 nitrogen and oxygen atoms in total. The molecule has 1 aromatic heterocycles. The van der Waals surface area contributed by atoms with Gasteiger partial charge in [-0.1, -0.05) is 24.3 Å². The quantitative estimate of drug-likeness (QED) is 0.676. The molecule has 19 heavy (non-hydrogen) atoms. The summed E-state index contributed by atoms with van der Waals surface area (Å²) >= 11 is 0. The maximum absolute atomic E-state index is 11.6. The summed E-state index contributed by atoms with van der Waals surface area (Å²) in [7, 11) is 0. The minimum absolute atomic E-state index is 0.122. The lowest BCUT2D eigenvalue weighted by Gasteiger charge is -2.24. The molecule has 1 aliphatic carbocycles. The van der Waals surface area contributed by atoms with Crippen LogP contribution in [0.4, 0.5) is 0 Å². The Kier molecular flexibility index (Phi) is 1.94. The second-order valence-electron chi connectivity index (χ2n) is 5.22. The Labute approximate surface area is 111 Å². The van der Waals surface area contributed by atoms with Crippen LogP contribution in [0, 0.1) is 6.92 Å². The Balaban J connectivity index is 2.07. The fraction of sp³-hybridized carbons (Fsp3) is 0.250. The van der Waals surface area contributed by atoms with Crippen LogP contribution in [-0.4, -0.2) is 11.0 Å². The van der Waals surface area contributed by atoms with Gasteiger partial charge in [0.2, 0.25) is 0 Å². The van der Waals surface area contributed by atoms with Gasteiger partial charge in [-0.25, -0.2) is 0 Å². The van der Waals surface area contributed by atoms with E-state index in [1.165, 1.54) is 0 Å². The lowest BCUT2D eigenvalue weighted by molar-refractivity contribution is -0.146. The van der Waals surface area contributed by atoms with Crippen molar-refractivity contribution < 1.29 is 9.53 Å². The summed E-state index contributed by atoms with van der Waals surface area (Å²) in [5, 5.41) is 0. The molecule has 3 heteroatoms. The number of benzene rings is 1. The van der Waals surface area contributed by atoms with Gasteiger partial charge >= 0.3 is 5.97 Å². The molecular weight excluding hydrogens is 238 g/mol. The Morgan fingerprint density at radius 1 is 1.21 bits per heavy atom. The normalized spacial score (nSPS) is 23.3. The van der Waals surface area contributed by atoms with E-state index in [4.69, 9.17) is 4.74 Å². The highest BCUT2D eigenvalue weighted by Crippen LogP contribution is 2.54. The SMILES string of the molecule is Cc1cc2c(cn1)C1(CCC(=O)O1)c1ccccc1-2.